The summed E-state index contributed by atoms with van der Waals surface area (Å²) in [5, 5.41) is 3.53. The summed E-state index contributed by atoms with van der Waals surface area (Å²) < 4.78 is 0. The van der Waals surface area contributed by atoms with Crippen LogP contribution in [0.25, 0.3) is 0 Å². The number of aromatic nitrogens is 1. The molecule has 0 amide bonds. The van der Waals surface area contributed by atoms with Crippen molar-refractivity contribution in [2.24, 2.45) is 0 Å². The molecule has 1 aliphatic carbocycles. The van der Waals surface area contributed by atoms with Gasteiger partial charge in [-0.3, -0.25) is 4.98 Å². The van der Waals surface area contributed by atoms with E-state index in [1.165, 1.54) is 30.5 Å². The molecule has 2 nitrogen and oxygen atoms in total. The Morgan fingerprint density at radius 2 is 2.42 bits per heavy atom. The molecule has 0 radical (unpaired) electrons. The molecule has 1 N–H and O–H groups in total. The maximum Gasteiger partial charge on any atom is 0.0565 e. The number of hydrogen-bond donors (Lipinski definition) is 1. The van der Waals surface area contributed by atoms with Gasteiger partial charge in [0.05, 0.1) is 11.9 Å². The Morgan fingerprint density at radius 3 is 3.42 bits per heavy atom. The quantitative estimate of drug-likeness (QED) is 0.629. The van der Waals surface area contributed by atoms with E-state index in [2.05, 4.69) is 16.4 Å². The summed E-state index contributed by atoms with van der Waals surface area (Å²) in [6.45, 7) is 0. The van der Waals surface area contributed by atoms with E-state index in [1.807, 2.05) is 12.4 Å². The fourth-order valence-electron chi connectivity index (χ4n) is 2.55. The van der Waals surface area contributed by atoms with Crippen molar-refractivity contribution in [1.82, 2.24) is 4.98 Å². The summed E-state index contributed by atoms with van der Waals surface area (Å²) >= 11 is 0. The third-order valence-corrected chi connectivity index (χ3v) is 3.11. The van der Waals surface area contributed by atoms with E-state index in [1.54, 1.807) is 0 Å². The molecule has 0 aromatic carbocycles. The summed E-state index contributed by atoms with van der Waals surface area (Å²) in [6.07, 6.45) is 7.92. The Morgan fingerprint density at radius 1 is 1.42 bits per heavy atom. The first-order chi connectivity index (χ1) is 5.95. The van der Waals surface area contributed by atoms with Gasteiger partial charge in [0.2, 0.25) is 0 Å². The summed E-state index contributed by atoms with van der Waals surface area (Å²) in [5.74, 6) is 0.781. The fourth-order valence-corrected chi connectivity index (χ4v) is 2.55. The first kappa shape index (κ1) is 6.46. The summed E-state index contributed by atoms with van der Waals surface area (Å²) in [5.41, 5.74) is 2.76. The molecule has 2 aliphatic rings. The number of anilines is 1. The second kappa shape index (κ2) is 2.22. The van der Waals surface area contributed by atoms with Gasteiger partial charge in [0, 0.05) is 18.2 Å². The van der Waals surface area contributed by atoms with Crippen LogP contribution in [-0.4, -0.2) is 11.0 Å². The van der Waals surface area contributed by atoms with Gasteiger partial charge in [-0.1, -0.05) is 6.42 Å². The van der Waals surface area contributed by atoms with Crippen LogP contribution in [0.3, 0.4) is 0 Å². The number of nitrogens with one attached hydrogen (secondary N) is 1. The van der Waals surface area contributed by atoms with Crippen molar-refractivity contribution in [3.8, 4) is 0 Å². The first-order valence-corrected chi connectivity index (χ1v) is 4.65. The lowest BCUT2D eigenvalue weighted by Crippen LogP contribution is -2.13. The lowest BCUT2D eigenvalue weighted by molar-refractivity contribution is 0.689. The van der Waals surface area contributed by atoms with Crippen LogP contribution in [0.1, 0.15) is 30.7 Å². The number of nitrogens with zero attached hydrogens (tertiary/aromatic N) is 1. The van der Waals surface area contributed by atoms with Gasteiger partial charge in [0.1, 0.15) is 0 Å². The second-order valence-corrected chi connectivity index (χ2v) is 3.75. The van der Waals surface area contributed by atoms with E-state index in [0.717, 1.165) is 5.92 Å². The van der Waals surface area contributed by atoms with Crippen LogP contribution >= 0.6 is 0 Å². The van der Waals surface area contributed by atoms with Gasteiger partial charge in [-0.05, 0) is 24.5 Å². The minimum absolute atomic E-state index is 0.712. The third-order valence-electron chi connectivity index (χ3n) is 3.11. The van der Waals surface area contributed by atoms with Crippen LogP contribution in [-0.2, 0) is 0 Å². The highest BCUT2D eigenvalue weighted by Gasteiger charge is 2.35. The highest BCUT2D eigenvalue weighted by molar-refractivity contribution is 5.58. The molecule has 1 aromatic rings. The number of hydrogen-bond acceptors (Lipinski definition) is 2. The zero-order valence-electron chi connectivity index (χ0n) is 6.96. The van der Waals surface area contributed by atoms with E-state index in [0.29, 0.717) is 6.04 Å². The van der Waals surface area contributed by atoms with Gasteiger partial charge >= 0.3 is 0 Å². The molecule has 12 heavy (non-hydrogen) atoms. The average molecular weight is 160 g/mol. The smallest absolute Gasteiger partial charge is 0.0565 e. The minimum atomic E-state index is 0.712. The lowest BCUT2D eigenvalue weighted by atomic mass is 9.99. The Bertz CT molecular complexity index is 308. The molecule has 0 spiro atoms. The van der Waals surface area contributed by atoms with Crippen molar-refractivity contribution < 1.29 is 0 Å². The van der Waals surface area contributed by atoms with Crippen molar-refractivity contribution in [2.45, 2.75) is 31.2 Å². The zero-order valence-corrected chi connectivity index (χ0v) is 6.96. The molecule has 2 heteroatoms. The lowest BCUT2D eigenvalue weighted by Gasteiger charge is -2.07. The molecule has 2 heterocycles. The Labute approximate surface area is 72.0 Å². The molecule has 1 aliphatic heterocycles. The molecular weight excluding hydrogens is 148 g/mol. The molecule has 0 saturated heterocycles. The van der Waals surface area contributed by atoms with Crippen molar-refractivity contribution in [3.63, 3.8) is 0 Å². The fraction of sp³-hybridized carbons (Fsp3) is 0.500. The average Bonchev–Trinajstić information content (AvgIpc) is 2.62. The largest absolute Gasteiger partial charge is 0.380 e. The van der Waals surface area contributed by atoms with Crippen molar-refractivity contribution in [2.75, 3.05) is 5.32 Å². The van der Waals surface area contributed by atoms with E-state index < -0.39 is 0 Å². The topological polar surface area (TPSA) is 24.9 Å². The SMILES string of the molecule is c1cc2c(cn1)NC1CCCC21. The number of rotatable bonds is 0. The predicted molar refractivity (Wildman–Crippen MR) is 48.2 cm³/mol. The van der Waals surface area contributed by atoms with E-state index in [-0.39, 0.29) is 0 Å². The van der Waals surface area contributed by atoms with Crippen LogP contribution in [0.5, 0.6) is 0 Å². The maximum absolute atomic E-state index is 4.12. The third kappa shape index (κ3) is 0.724. The Balaban J connectivity index is 2.09. The van der Waals surface area contributed by atoms with Crippen LogP contribution in [0, 0.1) is 0 Å². The predicted octanol–water partition coefficient (Wildman–Crippen LogP) is 2.14. The minimum Gasteiger partial charge on any atom is -0.380 e. The van der Waals surface area contributed by atoms with Crippen LogP contribution in [0.2, 0.25) is 0 Å². The molecule has 1 saturated carbocycles. The Kier molecular flexibility index (Phi) is 1.20. The molecule has 2 unspecified atom stereocenters. The first-order valence-electron chi connectivity index (χ1n) is 4.65. The van der Waals surface area contributed by atoms with E-state index >= 15 is 0 Å². The highest BCUT2D eigenvalue weighted by Crippen LogP contribution is 2.44. The molecule has 3 rings (SSSR count). The zero-order chi connectivity index (χ0) is 7.97. The van der Waals surface area contributed by atoms with Crippen LogP contribution < -0.4 is 5.32 Å². The molecule has 62 valence electrons. The van der Waals surface area contributed by atoms with Crippen LogP contribution in [0.4, 0.5) is 5.69 Å². The maximum atomic E-state index is 4.12. The van der Waals surface area contributed by atoms with Crippen LogP contribution in [0.15, 0.2) is 18.5 Å². The highest BCUT2D eigenvalue weighted by atomic mass is 15.0. The summed E-state index contributed by atoms with van der Waals surface area (Å²) in [6, 6.07) is 2.88. The van der Waals surface area contributed by atoms with Gasteiger partial charge in [-0.2, -0.15) is 0 Å². The van der Waals surface area contributed by atoms with Crippen molar-refractivity contribution in [1.29, 1.82) is 0 Å². The molecule has 2 atom stereocenters. The van der Waals surface area contributed by atoms with Gasteiger partial charge in [0.25, 0.3) is 0 Å². The summed E-state index contributed by atoms with van der Waals surface area (Å²) in [4.78, 5) is 4.12. The standard InChI is InChI=1S/C10H12N2/c1-2-7-8-4-5-11-6-10(8)12-9(7)3-1/h4-7,9,12H,1-3H2. The Hall–Kier alpha value is -1.05. The van der Waals surface area contributed by atoms with Crippen molar-refractivity contribution >= 4 is 5.69 Å². The van der Waals surface area contributed by atoms with Gasteiger partial charge in [-0.15, -0.1) is 0 Å². The number of pyridine rings is 1. The second-order valence-electron chi connectivity index (χ2n) is 3.75. The summed E-state index contributed by atoms with van der Waals surface area (Å²) in [7, 11) is 0. The normalized spacial score (nSPS) is 31.0. The van der Waals surface area contributed by atoms with Crippen molar-refractivity contribution in [3.05, 3.63) is 24.0 Å². The molecular formula is C10H12N2. The molecule has 0 bridgehead atoms. The van der Waals surface area contributed by atoms with E-state index in [9.17, 15) is 0 Å². The number of fused-ring (bicyclic) bond motifs is 3. The van der Waals surface area contributed by atoms with E-state index in [4.69, 9.17) is 0 Å². The monoisotopic (exact) mass is 160 g/mol. The molecule has 1 fully saturated rings. The van der Waals surface area contributed by atoms with Gasteiger partial charge in [-0.25, -0.2) is 0 Å². The van der Waals surface area contributed by atoms with Gasteiger partial charge < -0.3 is 5.32 Å². The van der Waals surface area contributed by atoms with Gasteiger partial charge in [0.15, 0.2) is 0 Å². The molecule has 1 aromatic heterocycles.